The van der Waals surface area contributed by atoms with Crippen molar-refractivity contribution in [1.82, 2.24) is 14.1 Å². The van der Waals surface area contributed by atoms with E-state index in [1.807, 2.05) is 48.5 Å². The molecule has 0 bridgehead atoms. The zero-order valence-electron chi connectivity index (χ0n) is 22.6. The minimum Gasteiger partial charge on any atom is -0.294 e. The normalized spacial score (nSPS) is 11.7. The molecule has 0 saturated carbocycles. The maximum absolute atomic E-state index is 9.73. The Morgan fingerprint density at radius 3 is 1.86 bits per heavy atom. The molecule has 198 valence electrons. The second-order valence-corrected chi connectivity index (χ2v) is 11.7. The molecule has 0 atom stereocenters. The van der Waals surface area contributed by atoms with Gasteiger partial charge in [0, 0.05) is 37.0 Å². The summed E-state index contributed by atoms with van der Waals surface area (Å²) >= 11 is 1.67. The van der Waals surface area contributed by atoms with Crippen LogP contribution in [0.2, 0.25) is 0 Å². The predicted octanol–water partition coefficient (Wildman–Crippen LogP) is 9.39. The fraction of sp³-hybridized carbons (Fsp3) is 0. The zero-order chi connectivity index (χ0) is 28.7. The van der Waals surface area contributed by atoms with Crippen LogP contribution in [0.3, 0.4) is 0 Å². The molecule has 0 spiro atoms. The maximum Gasteiger partial charge on any atom is 0.140 e. The van der Waals surface area contributed by atoms with Crippen molar-refractivity contribution in [2.24, 2.45) is 0 Å². The van der Waals surface area contributed by atoms with Crippen molar-refractivity contribution in [1.29, 1.82) is 10.5 Å². The van der Waals surface area contributed by atoms with Gasteiger partial charge in [0.25, 0.3) is 0 Å². The summed E-state index contributed by atoms with van der Waals surface area (Å²) in [4.78, 5) is 5.27. The Bertz CT molecular complexity index is 2710. The third-order valence-corrected chi connectivity index (χ3v) is 9.59. The highest BCUT2D eigenvalue weighted by molar-refractivity contribution is 7.26. The number of para-hydroxylation sites is 2. The molecular weight excluding hydrogens is 547 g/mol. The van der Waals surface area contributed by atoms with E-state index in [9.17, 15) is 10.5 Å². The van der Waals surface area contributed by atoms with Crippen LogP contribution in [0.5, 0.6) is 0 Å². The van der Waals surface area contributed by atoms with E-state index in [1.54, 1.807) is 11.3 Å². The molecule has 0 N–H and O–H groups in total. The van der Waals surface area contributed by atoms with Crippen LogP contribution in [0.1, 0.15) is 11.1 Å². The standard InChI is InChI=1S/C37H19N5S/c38-20-22-15-16-32-27(17-22)24-8-1-3-11-30(24)41(32)35-13-6-14-36(40-35)42-31-12-4-2-9-25(31)28-18-29-26-10-5-7-23(21-39)37(26)43-34(29)19-33(28)42/h1-19H. The Labute approximate surface area is 249 Å². The fourth-order valence-electron chi connectivity index (χ4n) is 6.55. The lowest BCUT2D eigenvalue weighted by Crippen LogP contribution is -2.03. The molecule has 9 aromatic rings. The first-order valence-electron chi connectivity index (χ1n) is 13.9. The average molecular weight is 566 g/mol. The van der Waals surface area contributed by atoms with Gasteiger partial charge in [-0.05, 0) is 60.7 Å². The van der Waals surface area contributed by atoms with Crippen molar-refractivity contribution in [3.05, 3.63) is 126 Å². The van der Waals surface area contributed by atoms with Gasteiger partial charge in [-0.2, -0.15) is 10.5 Å². The van der Waals surface area contributed by atoms with Crippen LogP contribution in [0.15, 0.2) is 115 Å². The smallest absolute Gasteiger partial charge is 0.140 e. The summed E-state index contributed by atoms with van der Waals surface area (Å²) in [5.41, 5.74) is 5.55. The Morgan fingerprint density at radius 2 is 1.14 bits per heavy atom. The number of rotatable bonds is 2. The second-order valence-electron chi connectivity index (χ2n) is 10.7. The Hall–Kier alpha value is -5.95. The van der Waals surface area contributed by atoms with E-state index in [2.05, 4.69) is 88.0 Å². The van der Waals surface area contributed by atoms with E-state index >= 15 is 0 Å². The Morgan fingerprint density at radius 1 is 0.512 bits per heavy atom. The zero-order valence-corrected chi connectivity index (χ0v) is 23.4. The summed E-state index contributed by atoms with van der Waals surface area (Å²) in [5, 5.41) is 26.0. The molecule has 6 heteroatoms. The minimum absolute atomic E-state index is 0.636. The van der Waals surface area contributed by atoms with E-state index < -0.39 is 0 Å². The highest BCUT2D eigenvalue weighted by Crippen LogP contribution is 2.41. The van der Waals surface area contributed by atoms with E-state index in [0.29, 0.717) is 11.1 Å². The van der Waals surface area contributed by atoms with Gasteiger partial charge in [-0.15, -0.1) is 11.3 Å². The lowest BCUT2D eigenvalue weighted by Gasteiger charge is -2.11. The van der Waals surface area contributed by atoms with Gasteiger partial charge in [-0.1, -0.05) is 54.6 Å². The van der Waals surface area contributed by atoms with Crippen molar-refractivity contribution in [3.8, 4) is 23.8 Å². The van der Waals surface area contributed by atoms with Crippen molar-refractivity contribution < 1.29 is 0 Å². The van der Waals surface area contributed by atoms with Crippen molar-refractivity contribution in [3.63, 3.8) is 0 Å². The summed E-state index contributed by atoms with van der Waals surface area (Å²) in [6, 6.07) is 43.8. The Kier molecular flexibility index (Phi) is 4.84. The summed E-state index contributed by atoms with van der Waals surface area (Å²) in [5.74, 6) is 1.63. The summed E-state index contributed by atoms with van der Waals surface area (Å²) in [7, 11) is 0. The number of nitrogens with zero attached hydrogens (tertiary/aromatic N) is 5. The predicted molar refractivity (Wildman–Crippen MR) is 175 cm³/mol. The van der Waals surface area contributed by atoms with Gasteiger partial charge in [-0.25, -0.2) is 4.98 Å². The van der Waals surface area contributed by atoms with Gasteiger partial charge in [-0.3, -0.25) is 9.13 Å². The lowest BCUT2D eigenvalue weighted by molar-refractivity contribution is 1.01. The van der Waals surface area contributed by atoms with Crippen LogP contribution < -0.4 is 0 Å². The molecule has 0 aliphatic heterocycles. The maximum atomic E-state index is 9.73. The molecule has 0 fully saturated rings. The van der Waals surface area contributed by atoms with Crippen molar-refractivity contribution >= 4 is 75.1 Å². The molecule has 5 nitrogen and oxygen atoms in total. The topological polar surface area (TPSA) is 70.3 Å². The number of pyridine rings is 1. The number of hydrogen-bond donors (Lipinski definition) is 0. The monoisotopic (exact) mass is 565 g/mol. The third-order valence-electron chi connectivity index (χ3n) is 8.39. The SMILES string of the molecule is N#Cc1ccc2c(c1)c1ccccc1n2-c1cccc(-n2c3ccccc3c3cc4c(cc32)sc2c(C#N)cccc24)n1. The molecule has 0 unspecified atom stereocenters. The van der Waals surface area contributed by atoms with E-state index in [-0.39, 0.29) is 0 Å². The van der Waals surface area contributed by atoms with Crippen molar-refractivity contribution in [2.75, 3.05) is 0 Å². The number of benzene rings is 5. The molecule has 5 aromatic carbocycles. The van der Waals surface area contributed by atoms with Gasteiger partial charge in [0.15, 0.2) is 0 Å². The van der Waals surface area contributed by atoms with E-state index in [1.165, 1.54) is 0 Å². The molecule has 9 rings (SSSR count). The molecule has 0 radical (unpaired) electrons. The van der Waals surface area contributed by atoms with Crippen LogP contribution in [0, 0.1) is 22.7 Å². The van der Waals surface area contributed by atoms with Crippen LogP contribution in [-0.2, 0) is 0 Å². The average Bonchev–Trinajstić information content (AvgIpc) is 3.70. The Balaban J connectivity index is 1.34. The molecule has 0 amide bonds. The third kappa shape index (κ3) is 3.27. The summed E-state index contributed by atoms with van der Waals surface area (Å²) in [6.45, 7) is 0. The first kappa shape index (κ1) is 23.7. The number of thiophene rings is 1. The first-order valence-corrected chi connectivity index (χ1v) is 14.7. The first-order chi connectivity index (χ1) is 21.2. The van der Waals surface area contributed by atoms with Gasteiger partial charge in [0.2, 0.25) is 0 Å². The van der Waals surface area contributed by atoms with Crippen LogP contribution in [0.25, 0.3) is 75.4 Å². The number of aromatic nitrogens is 3. The highest BCUT2D eigenvalue weighted by atomic mass is 32.1. The molecule has 43 heavy (non-hydrogen) atoms. The molecule has 4 heterocycles. The molecule has 4 aromatic heterocycles. The molecule has 0 aliphatic rings. The largest absolute Gasteiger partial charge is 0.294 e. The number of nitriles is 2. The van der Waals surface area contributed by atoms with Gasteiger partial charge in [0.05, 0.1) is 44.0 Å². The highest BCUT2D eigenvalue weighted by Gasteiger charge is 2.18. The quantitative estimate of drug-likeness (QED) is 0.210. The van der Waals surface area contributed by atoms with Gasteiger partial charge >= 0.3 is 0 Å². The van der Waals surface area contributed by atoms with Crippen LogP contribution >= 0.6 is 11.3 Å². The van der Waals surface area contributed by atoms with Crippen molar-refractivity contribution in [2.45, 2.75) is 0 Å². The molecular formula is C37H19N5S. The van der Waals surface area contributed by atoms with Crippen LogP contribution in [0.4, 0.5) is 0 Å². The summed E-state index contributed by atoms with van der Waals surface area (Å²) < 4.78 is 6.58. The van der Waals surface area contributed by atoms with Gasteiger partial charge in [0.1, 0.15) is 17.7 Å². The van der Waals surface area contributed by atoms with E-state index in [0.717, 1.165) is 75.4 Å². The molecule has 0 aliphatic carbocycles. The summed E-state index contributed by atoms with van der Waals surface area (Å²) in [6.07, 6.45) is 0. The minimum atomic E-state index is 0.636. The second kappa shape index (κ2) is 8.77. The lowest BCUT2D eigenvalue weighted by atomic mass is 10.1. The number of fused-ring (bicyclic) bond motifs is 9. The number of hydrogen-bond acceptors (Lipinski definition) is 4. The van der Waals surface area contributed by atoms with E-state index in [4.69, 9.17) is 4.98 Å². The van der Waals surface area contributed by atoms with Crippen LogP contribution in [-0.4, -0.2) is 14.1 Å². The fourth-order valence-corrected chi connectivity index (χ4v) is 7.73. The van der Waals surface area contributed by atoms with Gasteiger partial charge < -0.3 is 0 Å². The molecule has 0 saturated heterocycles.